The van der Waals surface area contributed by atoms with Crippen molar-refractivity contribution >= 4 is 6.09 Å². The van der Waals surface area contributed by atoms with Crippen LogP contribution in [0.15, 0.2) is 0 Å². The Bertz CT molecular complexity index is 259. The maximum absolute atomic E-state index is 11.6. The number of hydrogen-bond acceptors (Lipinski definition) is 3. The molecule has 0 saturated heterocycles. The third-order valence-corrected chi connectivity index (χ3v) is 2.73. The summed E-state index contributed by atoms with van der Waals surface area (Å²) in [6.07, 6.45) is 1.78. The molecule has 2 unspecified atom stereocenters. The fourth-order valence-corrected chi connectivity index (χ4v) is 2.02. The second-order valence-corrected chi connectivity index (χ2v) is 6.69. The Labute approximate surface area is 118 Å². The molecule has 2 atom stereocenters. The molecule has 0 aliphatic carbocycles. The summed E-state index contributed by atoms with van der Waals surface area (Å²) in [4.78, 5) is 11.6. The van der Waals surface area contributed by atoms with Gasteiger partial charge in [-0.2, -0.15) is 0 Å². The van der Waals surface area contributed by atoms with Crippen LogP contribution >= 0.6 is 0 Å². The highest BCUT2D eigenvalue weighted by molar-refractivity contribution is 5.67. The highest BCUT2D eigenvalue weighted by atomic mass is 16.6. The molecule has 0 heterocycles. The Hall–Kier alpha value is -0.770. The van der Waals surface area contributed by atoms with E-state index in [-0.39, 0.29) is 6.09 Å². The molecule has 0 saturated carbocycles. The van der Waals surface area contributed by atoms with Crippen molar-refractivity contribution in [3.05, 3.63) is 0 Å². The minimum atomic E-state index is -0.440. The number of nitrogens with one attached hydrogen (secondary N) is 2. The molecule has 0 aromatic rings. The van der Waals surface area contributed by atoms with Gasteiger partial charge in [-0.15, -0.1) is 0 Å². The van der Waals surface area contributed by atoms with Crippen LogP contribution in [0.1, 0.15) is 61.3 Å². The Morgan fingerprint density at radius 2 is 1.79 bits per heavy atom. The first-order valence-electron chi connectivity index (χ1n) is 7.37. The van der Waals surface area contributed by atoms with Gasteiger partial charge >= 0.3 is 6.09 Å². The third kappa shape index (κ3) is 10.8. The van der Waals surface area contributed by atoms with E-state index in [1.807, 2.05) is 20.8 Å². The molecule has 0 aromatic heterocycles. The highest BCUT2D eigenvalue weighted by Gasteiger charge is 2.17. The standard InChI is InChI=1S/C15H32N2O2/c1-8-13(17-12(4)9-11(2)3)10-16-14(18)19-15(5,6)7/h11-13,17H,8-10H2,1-7H3,(H,16,18). The first-order valence-corrected chi connectivity index (χ1v) is 7.37. The third-order valence-electron chi connectivity index (χ3n) is 2.73. The fraction of sp³-hybridized carbons (Fsp3) is 0.933. The van der Waals surface area contributed by atoms with E-state index < -0.39 is 5.60 Å². The van der Waals surface area contributed by atoms with Gasteiger partial charge in [-0.1, -0.05) is 20.8 Å². The quantitative estimate of drug-likeness (QED) is 0.747. The second kappa shape index (κ2) is 8.41. The van der Waals surface area contributed by atoms with E-state index in [0.29, 0.717) is 24.5 Å². The van der Waals surface area contributed by atoms with E-state index >= 15 is 0 Å². The maximum atomic E-state index is 11.6. The molecule has 2 N–H and O–H groups in total. The van der Waals surface area contributed by atoms with Crippen LogP contribution in [0.2, 0.25) is 0 Å². The molecule has 0 fully saturated rings. The molecule has 1 amide bonds. The SMILES string of the molecule is CCC(CNC(=O)OC(C)(C)C)NC(C)CC(C)C. The van der Waals surface area contributed by atoms with E-state index in [4.69, 9.17) is 4.74 Å². The first kappa shape index (κ1) is 18.2. The van der Waals surface area contributed by atoms with Crippen LogP contribution in [-0.2, 0) is 4.74 Å². The minimum Gasteiger partial charge on any atom is -0.444 e. The van der Waals surface area contributed by atoms with Gasteiger partial charge in [0.25, 0.3) is 0 Å². The van der Waals surface area contributed by atoms with Crippen molar-refractivity contribution in [3.8, 4) is 0 Å². The van der Waals surface area contributed by atoms with Gasteiger partial charge in [-0.3, -0.25) is 0 Å². The predicted molar refractivity (Wildman–Crippen MR) is 80.4 cm³/mol. The van der Waals surface area contributed by atoms with Crippen LogP contribution in [-0.4, -0.2) is 30.3 Å². The molecule has 4 heteroatoms. The average Bonchev–Trinajstić information content (AvgIpc) is 2.20. The normalized spacial score (nSPS) is 15.2. The molecule has 0 spiro atoms. The zero-order valence-corrected chi connectivity index (χ0v) is 13.7. The first-order chi connectivity index (χ1) is 8.64. The lowest BCUT2D eigenvalue weighted by atomic mass is 10.0. The van der Waals surface area contributed by atoms with E-state index in [2.05, 4.69) is 38.3 Å². The van der Waals surface area contributed by atoms with E-state index in [1.54, 1.807) is 0 Å². The summed E-state index contributed by atoms with van der Waals surface area (Å²) in [5, 5.41) is 6.37. The summed E-state index contributed by atoms with van der Waals surface area (Å²) < 4.78 is 5.22. The van der Waals surface area contributed by atoms with Gasteiger partial charge in [0.2, 0.25) is 0 Å². The maximum Gasteiger partial charge on any atom is 0.407 e. The second-order valence-electron chi connectivity index (χ2n) is 6.69. The number of carbonyl (C=O) groups excluding carboxylic acids is 1. The van der Waals surface area contributed by atoms with Crippen molar-refractivity contribution < 1.29 is 9.53 Å². The van der Waals surface area contributed by atoms with Crippen LogP contribution in [0.3, 0.4) is 0 Å². The number of rotatable bonds is 7. The van der Waals surface area contributed by atoms with Gasteiger partial charge < -0.3 is 15.4 Å². The van der Waals surface area contributed by atoms with Crippen molar-refractivity contribution in [1.82, 2.24) is 10.6 Å². The smallest absolute Gasteiger partial charge is 0.407 e. The zero-order chi connectivity index (χ0) is 15.1. The van der Waals surface area contributed by atoms with Crippen molar-refractivity contribution in [2.75, 3.05) is 6.54 Å². The molecule has 0 aliphatic rings. The van der Waals surface area contributed by atoms with Crippen molar-refractivity contribution in [1.29, 1.82) is 0 Å². The van der Waals surface area contributed by atoms with Gasteiger partial charge in [0.05, 0.1) is 0 Å². The lowest BCUT2D eigenvalue weighted by Crippen LogP contribution is -2.45. The molecular weight excluding hydrogens is 240 g/mol. The molecular formula is C15H32N2O2. The Balaban J connectivity index is 4.03. The Kier molecular flexibility index (Phi) is 8.07. The van der Waals surface area contributed by atoms with Gasteiger partial charge in [0.1, 0.15) is 5.60 Å². The molecule has 0 radical (unpaired) electrons. The van der Waals surface area contributed by atoms with Crippen LogP contribution in [0, 0.1) is 5.92 Å². The van der Waals surface area contributed by atoms with Crippen molar-refractivity contribution in [3.63, 3.8) is 0 Å². The monoisotopic (exact) mass is 272 g/mol. The van der Waals surface area contributed by atoms with Crippen molar-refractivity contribution in [2.45, 2.75) is 79.0 Å². The summed E-state index contributed by atoms with van der Waals surface area (Å²) in [5.41, 5.74) is -0.440. The Morgan fingerprint density at radius 1 is 1.21 bits per heavy atom. The molecule has 0 bridgehead atoms. The predicted octanol–water partition coefficient (Wildman–Crippen LogP) is 3.31. The summed E-state index contributed by atoms with van der Waals surface area (Å²) in [5.74, 6) is 0.679. The molecule has 114 valence electrons. The topological polar surface area (TPSA) is 50.4 Å². The van der Waals surface area contributed by atoms with Gasteiger partial charge in [-0.25, -0.2) is 4.79 Å². The van der Waals surface area contributed by atoms with Gasteiger partial charge in [-0.05, 0) is 46.5 Å². The summed E-state index contributed by atoms with van der Waals surface area (Å²) in [7, 11) is 0. The number of hydrogen-bond donors (Lipinski definition) is 2. The van der Waals surface area contributed by atoms with E-state index in [9.17, 15) is 4.79 Å². The van der Waals surface area contributed by atoms with E-state index in [1.165, 1.54) is 0 Å². The Morgan fingerprint density at radius 3 is 2.21 bits per heavy atom. The molecule has 0 rings (SSSR count). The lowest BCUT2D eigenvalue weighted by Gasteiger charge is -2.25. The molecule has 4 nitrogen and oxygen atoms in total. The average molecular weight is 272 g/mol. The fourth-order valence-electron chi connectivity index (χ4n) is 2.02. The van der Waals surface area contributed by atoms with Crippen LogP contribution in [0.25, 0.3) is 0 Å². The summed E-state index contributed by atoms with van der Waals surface area (Å²) in [6.45, 7) is 15.0. The largest absolute Gasteiger partial charge is 0.444 e. The molecule has 0 aliphatic heterocycles. The van der Waals surface area contributed by atoms with Gasteiger partial charge in [0, 0.05) is 18.6 Å². The van der Waals surface area contributed by atoms with Crippen LogP contribution < -0.4 is 10.6 Å². The van der Waals surface area contributed by atoms with Crippen molar-refractivity contribution in [2.24, 2.45) is 5.92 Å². The summed E-state index contributed by atoms with van der Waals surface area (Å²) in [6, 6.07) is 0.756. The number of alkyl carbamates (subject to hydrolysis) is 1. The number of carbonyl (C=O) groups is 1. The van der Waals surface area contributed by atoms with Crippen LogP contribution in [0.5, 0.6) is 0 Å². The number of ether oxygens (including phenoxy) is 1. The van der Waals surface area contributed by atoms with Crippen LogP contribution in [0.4, 0.5) is 4.79 Å². The number of amides is 1. The minimum absolute atomic E-state index is 0.293. The lowest BCUT2D eigenvalue weighted by molar-refractivity contribution is 0.0521. The highest BCUT2D eigenvalue weighted by Crippen LogP contribution is 2.07. The summed E-state index contributed by atoms with van der Waals surface area (Å²) >= 11 is 0. The molecule has 0 aromatic carbocycles. The molecule has 19 heavy (non-hydrogen) atoms. The van der Waals surface area contributed by atoms with E-state index in [0.717, 1.165) is 12.8 Å². The zero-order valence-electron chi connectivity index (χ0n) is 13.7. The van der Waals surface area contributed by atoms with Gasteiger partial charge in [0.15, 0.2) is 0 Å².